The summed E-state index contributed by atoms with van der Waals surface area (Å²) >= 11 is 0. The highest BCUT2D eigenvalue weighted by Gasteiger charge is 2.35. The highest BCUT2D eigenvalue weighted by Crippen LogP contribution is 2.27. The van der Waals surface area contributed by atoms with Gasteiger partial charge in [0.25, 0.3) is 0 Å². The molecule has 1 fully saturated rings. The van der Waals surface area contributed by atoms with Crippen LogP contribution in [0.4, 0.5) is 5.69 Å². The van der Waals surface area contributed by atoms with Crippen LogP contribution in [0.2, 0.25) is 0 Å². The lowest BCUT2D eigenvalue weighted by Crippen LogP contribution is -2.52. The van der Waals surface area contributed by atoms with E-state index < -0.39 is 5.54 Å². The summed E-state index contributed by atoms with van der Waals surface area (Å²) in [6, 6.07) is 1.80. The Morgan fingerprint density at radius 3 is 2.53 bits per heavy atom. The Morgan fingerprint density at radius 1 is 1.32 bits per heavy atom. The highest BCUT2D eigenvalue weighted by molar-refractivity contribution is 5.98. The van der Waals surface area contributed by atoms with Gasteiger partial charge in [-0.15, -0.1) is 24.8 Å². The number of hydrogen-bond acceptors (Lipinski definition) is 3. The molecule has 6 heteroatoms. The molecule has 0 atom stereocenters. The summed E-state index contributed by atoms with van der Waals surface area (Å²) in [5.41, 5.74) is 7.25. The summed E-state index contributed by atoms with van der Waals surface area (Å²) in [5, 5.41) is 2.92. The maximum atomic E-state index is 12.2. The Balaban J connectivity index is 0.00000162. The van der Waals surface area contributed by atoms with E-state index in [0.717, 1.165) is 36.9 Å². The van der Waals surface area contributed by atoms with Crippen molar-refractivity contribution in [3.63, 3.8) is 0 Å². The van der Waals surface area contributed by atoms with Gasteiger partial charge in [-0.3, -0.25) is 9.78 Å². The Bertz CT molecular complexity index is 420. The van der Waals surface area contributed by atoms with Crippen LogP contribution >= 0.6 is 24.8 Å². The van der Waals surface area contributed by atoms with Gasteiger partial charge in [-0.05, 0) is 31.4 Å². The fourth-order valence-electron chi connectivity index (χ4n) is 2.27. The second kappa shape index (κ2) is 7.68. The van der Waals surface area contributed by atoms with E-state index in [9.17, 15) is 4.79 Å². The van der Waals surface area contributed by atoms with Crippen LogP contribution in [0.1, 0.15) is 37.7 Å². The van der Waals surface area contributed by atoms with E-state index >= 15 is 0 Å². The van der Waals surface area contributed by atoms with Crippen LogP contribution in [-0.2, 0) is 4.79 Å². The highest BCUT2D eigenvalue weighted by atomic mass is 35.5. The van der Waals surface area contributed by atoms with Gasteiger partial charge in [-0.25, -0.2) is 0 Å². The number of carbonyl (C=O) groups excluding carboxylic acids is 1. The minimum absolute atomic E-state index is 0. The molecule has 1 aromatic heterocycles. The Hall–Kier alpha value is -0.840. The molecule has 0 bridgehead atoms. The Kier molecular flexibility index (Phi) is 7.34. The third kappa shape index (κ3) is 4.34. The molecule has 108 valence electrons. The Labute approximate surface area is 126 Å². The maximum Gasteiger partial charge on any atom is 0.244 e. The number of amides is 1. The van der Waals surface area contributed by atoms with E-state index in [1.165, 1.54) is 6.42 Å². The molecule has 1 aliphatic carbocycles. The SMILES string of the molecule is Cc1cnccc1NC(=O)C1(N)CCCCC1.Cl.Cl. The van der Waals surface area contributed by atoms with Gasteiger partial charge in [-0.2, -0.15) is 0 Å². The normalized spacial score (nSPS) is 16.7. The largest absolute Gasteiger partial charge is 0.324 e. The van der Waals surface area contributed by atoms with E-state index in [1.807, 2.05) is 6.92 Å². The lowest BCUT2D eigenvalue weighted by atomic mass is 9.82. The molecular formula is C13H21Cl2N3O. The third-order valence-electron chi connectivity index (χ3n) is 3.47. The van der Waals surface area contributed by atoms with E-state index in [2.05, 4.69) is 10.3 Å². The van der Waals surface area contributed by atoms with E-state index in [-0.39, 0.29) is 30.7 Å². The fraction of sp³-hybridized carbons (Fsp3) is 0.538. The monoisotopic (exact) mass is 305 g/mol. The number of hydrogen-bond donors (Lipinski definition) is 2. The third-order valence-corrected chi connectivity index (χ3v) is 3.47. The molecule has 1 saturated carbocycles. The molecule has 0 unspecified atom stereocenters. The average Bonchev–Trinajstić information content (AvgIpc) is 2.33. The van der Waals surface area contributed by atoms with Gasteiger partial charge in [0.15, 0.2) is 0 Å². The van der Waals surface area contributed by atoms with E-state index in [1.54, 1.807) is 18.5 Å². The van der Waals surface area contributed by atoms with Crippen LogP contribution in [0.25, 0.3) is 0 Å². The van der Waals surface area contributed by atoms with Crippen molar-refractivity contribution in [2.24, 2.45) is 5.73 Å². The van der Waals surface area contributed by atoms with Crippen molar-refractivity contribution in [3.05, 3.63) is 24.0 Å². The van der Waals surface area contributed by atoms with Crippen LogP contribution in [0.15, 0.2) is 18.5 Å². The standard InChI is InChI=1S/C13H19N3O.2ClH/c1-10-9-15-8-5-11(10)16-12(17)13(14)6-3-2-4-7-13;;/h5,8-9H,2-4,6-7,14H2,1H3,(H,15,16,17);2*1H. The number of nitrogens with one attached hydrogen (secondary N) is 1. The number of anilines is 1. The summed E-state index contributed by atoms with van der Waals surface area (Å²) in [7, 11) is 0. The van der Waals surface area contributed by atoms with Gasteiger partial charge in [0.05, 0.1) is 5.54 Å². The second-order valence-electron chi connectivity index (χ2n) is 4.86. The van der Waals surface area contributed by atoms with Gasteiger partial charge >= 0.3 is 0 Å². The lowest BCUT2D eigenvalue weighted by molar-refractivity contribution is -0.122. The molecule has 3 N–H and O–H groups in total. The minimum atomic E-state index is -0.687. The van der Waals surface area contributed by atoms with Crippen LogP contribution in [-0.4, -0.2) is 16.4 Å². The topological polar surface area (TPSA) is 68.0 Å². The lowest BCUT2D eigenvalue weighted by Gasteiger charge is -2.31. The van der Waals surface area contributed by atoms with Crippen molar-refractivity contribution in [1.29, 1.82) is 0 Å². The number of aromatic nitrogens is 1. The molecule has 1 aliphatic rings. The quantitative estimate of drug-likeness (QED) is 0.883. The van der Waals surface area contributed by atoms with Crippen molar-refractivity contribution in [2.45, 2.75) is 44.6 Å². The number of rotatable bonds is 2. The van der Waals surface area contributed by atoms with Crippen molar-refractivity contribution >= 4 is 36.4 Å². The number of halogens is 2. The van der Waals surface area contributed by atoms with Crippen molar-refractivity contribution < 1.29 is 4.79 Å². The average molecular weight is 306 g/mol. The summed E-state index contributed by atoms with van der Waals surface area (Å²) < 4.78 is 0. The van der Waals surface area contributed by atoms with E-state index in [0.29, 0.717) is 0 Å². The number of nitrogens with zero attached hydrogens (tertiary/aromatic N) is 1. The summed E-state index contributed by atoms with van der Waals surface area (Å²) in [4.78, 5) is 16.2. The van der Waals surface area contributed by atoms with Gasteiger partial charge in [0.1, 0.15) is 0 Å². The molecule has 2 rings (SSSR count). The summed E-state index contributed by atoms with van der Waals surface area (Å²) in [6.45, 7) is 1.92. The minimum Gasteiger partial charge on any atom is -0.324 e. The molecule has 0 saturated heterocycles. The summed E-state index contributed by atoms with van der Waals surface area (Å²) in [6.07, 6.45) is 8.23. The van der Waals surface area contributed by atoms with Gasteiger partial charge in [-0.1, -0.05) is 19.3 Å². The number of nitrogens with two attached hydrogens (primary N) is 1. The molecule has 19 heavy (non-hydrogen) atoms. The fourth-order valence-corrected chi connectivity index (χ4v) is 2.27. The summed E-state index contributed by atoms with van der Waals surface area (Å²) in [5.74, 6) is -0.0634. The smallest absolute Gasteiger partial charge is 0.244 e. The van der Waals surface area contributed by atoms with Crippen LogP contribution in [0.5, 0.6) is 0 Å². The first-order valence-corrected chi connectivity index (χ1v) is 6.13. The zero-order valence-corrected chi connectivity index (χ0v) is 12.6. The van der Waals surface area contributed by atoms with Gasteiger partial charge in [0.2, 0.25) is 5.91 Å². The van der Waals surface area contributed by atoms with Crippen LogP contribution < -0.4 is 11.1 Å². The molecule has 0 aliphatic heterocycles. The van der Waals surface area contributed by atoms with Crippen molar-refractivity contribution in [3.8, 4) is 0 Å². The Morgan fingerprint density at radius 2 is 1.95 bits per heavy atom. The molecule has 1 heterocycles. The number of pyridine rings is 1. The zero-order chi connectivity index (χ0) is 12.3. The first-order chi connectivity index (χ1) is 8.12. The van der Waals surface area contributed by atoms with Gasteiger partial charge in [0, 0.05) is 18.1 Å². The molecule has 4 nitrogen and oxygen atoms in total. The first kappa shape index (κ1) is 18.2. The molecule has 0 spiro atoms. The zero-order valence-electron chi connectivity index (χ0n) is 11.0. The number of carbonyl (C=O) groups is 1. The van der Waals surface area contributed by atoms with Crippen LogP contribution in [0.3, 0.4) is 0 Å². The predicted octanol–water partition coefficient (Wildman–Crippen LogP) is 2.83. The van der Waals surface area contributed by atoms with Crippen molar-refractivity contribution in [2.75, 3.05) is 5.32 Å². The van der Waals surface area contributed by atoms with Crippen LogP contribution in [0, 0.1) is 6.92 Å². The molecular weight excluding hydrogens is 285 g/mol. The number of aryl methyl sites for hydroxylation is 1. The molecule has 0 radical (unpaired) electrons. The van der Waals surface area contributed by atoms with E-state index in [4.69, 9.17) is 5.73 Å². The maximum absolute atomic E-state index is 12.2. The first-order valence-electron chi connectivity index (χ1n) is 6.13. The predicted molar refractivity (Wildman–Crippen MR) is 82.1 cm³/mol. The molecule has 0 aromatic carbocycles. The molecule has 1 amide bonds. The second-order valence-corrected chi connectivity index (χ2v) is 4.86. The molecule has 1 aromatic rings. The van der Waals surface area contributed by atoms with Gasteiger partial charge < -0.3 is 11.1 Å². The van der Waals surface area contributed by atoms with Crippen molar-refractivity contribution in [1.82, 2.24) is 4.98 Å².